The Morgan fingerprint density at radius 3 is 2.63 bits per heavy atom. The van der Waals surface area contributed by atoms with E-state index in [4.69, 9.17) is 17.3 Å². The van der Waals surface area contributed by atoms with Gasteiger partial charge in [0, 0.05) is 17.7 Å². The van der Waals surface area contributed by atoms with Crippen molar-refractivity contribution in [2.24, 2.45) is 5.73 Å². The lowest BCUT2D eigenvalue weighted by atomic mass is 10.1. The first-order valence-corrected chi connectivity index (χ1v) is 6.02. The molecule has 3 nitrogen and oxygen atoms in total. The molecule has 98 valence electrons. The van der Waals surface area contributed by atoms with Gasteiger partial charge in [0.2, 0.25) is 5.91 Å². The average Bonchev–Trinajstić information content (AvgIpc) is 2.39. The number of anilines is 1. The molecule has 5 heteroatoms. The predicted octanol–water partition coefficient (Wildman–Crippen LogP) is 3.19. The van der Waals surface area contributed by atoms with Crippen molar-refractivity contribution in [3.05, 3.63) is 64.4 Å². The normalized spacial score (nSPS) is 10.2. The van der Waals surface area contributed by atoms with E-state index in [1.54, 1.807) is 12.1 Å². The zero-order chi connectivity index (χ0) is 13.8. The first-order chi connectivity index (χ1) is 9.08. The van der Waals surface area contributed by atoms with E-state index in [2.05, 4.69) is 5.32 Å². The minimum atomic E-state index is -0.649. The van der Waals surface area contributed by atoms with E-state index < -0.39 is 11.7 Å². The van der Waals surface area contributed by atoms with Crippen molar-refractivity contribution < 1.29 is 9.18 Å². The van der Waals surface area contributed by atoms with E-state index in [0.29, 0.717) is 10.6 Å². The molecule has 0 aromatic heterocycles. The molecular formula is C14H12ClFN2O. The summed E-state index contributed by atoms with van der Waals surface area (Å²) in [6, 6.07) is 11.4. The van der Waals surface area contributed by atoms with Gasteiger partial charge >= 0.3 is 0 Å². The SMILES string of the molecule is NC(=O)c1ccc(CNc2ccccc2Cl)c(F)c1. The molecular weight excluding hydrogens is 267 g/mol. The molecule has 0 aliphatic carbocycles. The van der Waals surface area contributed by atoms with E-state index in [-0.39, 0.29) is 12.1 Å². The molecule has 2 aromatic carbocycles. The maximum atomic E-state index is 13.7. The van der Waals surface area contributed by atoms with E-state index >= 15 is 0 Å². The molecule has 2 aromatic rings. The van der Waals surface area contributed by atoms with Crippen LogP contribution in [0.3, 0.4) is 0 Å². The van der Waals surface area contributed by atoms with Gasteiger partial charge in [0.05, 0.1) is 10.7 Å². The van der Waals surface area contributed by atoms with Crippen LogP contribution in [0, 0.1) is 5.82 Å². The topological polar surface area (TPSA) is 55.1 Å². The number of halogens is 2. The largest absolute Gasteiger partial charge is 0.380 e. The second kappa shape index (κ2) is 5.71. The molecule has 0 saturated heterocycles. The van der Waals surface area contributed by atoms with Gasteiger partial charge in [0.1, 0.15) is 5.82 Å². The summed E-state index contributed by atoms with van der Waals surface area (Å²) in [7, 11) is 0. The van der Waals surface area contributed by atoms with E-state index in [9.17, 15) is 9.18 Å². The van der Waals surface area contributed by atoms with Crippen LogP contribution in [0.5, 0.6) is 0 Å². The van der Waals surface area contributed by atoms with Crippen molar-refractivity contribution in [1.82, 2.24) is 0 Å². The third kappa shape index (κ3) is 3.23. The van der Waals surface area contributed by atoms with Crippen LogP contribution in [-0.2, 0) is 6.54 Å². The molecule has 0 bridgehead atoms. The molecule has 0 aliphatic heterocycles. The number of hydrogen-bond donors (Lipinski definition) is 2. The lowest BCUT2D eigenvalue weighted by Crippen LogP contribution is -2.12. The van der Waals surface area contributed by atoms with Gasteiger partial charge in [-0.3, -0.25) is 4.79 Å². The number of rotatable bonds is 4. The van der Waals surface area contributed by atoms with E-state index in [1.165, 1.54) is 12.1 Å². The predicted molar refractivity (Wildman–Crippen MR) is 73.7 cm³/mol. The summed E-state index contributed by atoms with van der Waals surface area (Å²) < 4.78 is 13.7. The van der Waals surface area contributed by atoms with Crippen LogP contribution in [0.4, 0.5) is 10.1 Å². The Kier molecular flexibility index (Phi) is 4.02. The fourth-order valence-corrected chi connectivity index (χ4v) is 1.84. The van der Waals surface area contributed by atoms with Crippen LogP contribution in [0.25, 0.3) is 0 Å². The van der Waals surface area contributed by atoms with Gasteiger partial charge in [-0.15, -0.1) is 0 Å². The molecule has 0 unspecified atom stereocenters. The minimum absolute atomic E-state index is 0.152. The summed E-state index contributed by atoms with van der Waals surface area (Å²) in [4.78, 5) is 10.9. The summed E-state index contributed by atoms with van der Waals surface area (Å²) in [6.07, 6.45) is 0. The molecule has 0 aliphatic rings. The van der Waals surface area contributed by atoms with Crippen molar-refractivity contribution in [1.29, 1.82) is 0 Å². The second-order valence-corrected chi connectivity index (χ2v) is 4.41. The fraction of sp³-hybridized carbons (Fsp3) is 0.0714. The molecule has 0 heterocycles. The highest BCUT2D eigenvalue weighted by Crippen LogP contribution is 2.21. The van der Waals surface area contributed by atoms with Crippen LogP contribution in [0.2, 0.25) is 5.02 Å². The first kappa shape index (κ1) is 13.4. The van der Waals surface area contributed by atoms with Crippen molar-refractivity contribution in [2.45, 2.75) is 6.54 Å². The molecule has 0 saturated carbocycles. The van der Waals surface area contributed by atoms with Crippen molar-refractivity contribution >= 4 is 23.2 Å². The van der Waals surface area contributed by atoms with Gasteiger partial charge in [-0.1, -0.05) is 29.8 Å². The molecule has 1 amide bonds. The summed E-state index contributed by atoms with van der Waals surface area (Å²) in [6.45, 7) is 0.272. The maximum Gasteiger partial charge on any atom is 0.248 e. The summed E-state index contributed by atoms with van der Waals surface area (Å²) >= 11 is 5.98. The standard InChI is InChI=1S/C14H12ClFN2O/c15-11-3-1-2-4-13(11)18-8-10-6-5-9(14(17)19)7-12(10)16/h1-7,18H,8H2,(H2,17,19). The zero-order valence-corrected chi connectivity index (χ0v) is 10.7. The Hall–Kier alpha value is -2.07. The highest BCUT2D eigenvalue weighted by Gasteiger charge is 2.07. The van der Waals surface area contributed by atoms with Gasteiger partial charge in [-0.2, -0.15) is 0 Å². The number of nitrogens with two attached hydrogens (primary N) is 1. The van der Waals surface area contributed by atoms with Crippen LogP contribution < -0.4 is 11.1 Å². The van der Waals surface area contributed by atoms with Crippen LogP contribution in [-0.4, -0.2) is 5.91 Å². The van der Waals surface area contributed by atoms with Gasteiger partial charge in [0.15, 0.2) is 0 Å². The van der Waals surface area contributed by atoms with Crippen LogP contribution in [0.1, 0.15) is 15.9 Å². The summed E-state index contributed by atoms with van der Waals surface area (Å²) in [5, 5.41) is 3.60. The number of nitrogens with one attached hydrogen (secondary N) is 1. The van der Waals surface area contributed by atoms with Crippen LogP contribution in [0.15, 0.2) is 42.5 Å². The smallest absolute Gasteiger partial charge is 0.248 e. The number of amides is 1. The van der Waals surface area contributed by atoms with Gasteiger partial charge in [-0.25, -0.2) is 4.39 Å². The van der Waals surface area contributed by atoms with Crippen molar-refractivity contribution in [3.8, 4) is 0 Å². The summed E-state index contributed by atoms with van der Waals surface area (Å²) in [5.74, 6) is -1.12. The number of carbonyl (C=O) groups is 1. The molecule has 0 atom stereocenters. The number of carbonyl (C=O) groups excluding carboxylic acids is 1. The second-order valence-electron chi connectivity index (χ2n) is 4.00. The average molecular weight is 279 g/mol. The van der Waals surface area contributed by atoms with Crippen molar-refractivity contribution in [3.63, 3.8) is 0 Å². The number of benzene rings is 2. The van der Waals surface area contributed by atoms with Gasteiger partial charge in [0.25, 0.3) is 0 Å². The summed E-state index contributed by atoms with van der Waals surface area (Å²) in [5.41, 5.74) is 6.39. The Morgan fingerprint density at radius 1 is 1.26 bits per heavy atom. The molecule has 3 N–H and O–H groups in total. The number of hydrogen-bond acceptors (Lipinski definition) is 2. The Morgan fingerprint density at radius 2 is 2.00 bits per heavy atom. The monoisotopic (exact) mass is 278 g/mol. The molecule has 0 spiro atoms. The molecule has 2 rings (SSSR count). The molecule has 19 heavy (non-hydrogen) atoms. The zero-order valence-electron chi connectivity index (χ0n) is 9.99. The Bertz CT molecular complexity index is 616. The highest BCUT2D eigenvalue weighted by molar-refractivity contribution is 6.33. The third-order valence-corrected chi connectivity index (χ3v) is 3.01. The maximum absolute atomic E-state index is 13.7. The first-order valence-electron chi connectivity index (χ1n) is 5.64. The van der Waals surface area contributed by atoms with Gasteiger partial charge < -0.3 is 11.1 Å². The third-order valence-electron chi connectivity index (χ3n) is 2.68. The highest BCUT2D eigenvalue weighted by atomic mass is 35.5. The molecule has 0 radical (unpaired) electrons. The number of para-hydroxylation sites is 1. The van der Waals surface area contributed by atoms with Crippen LogP contribution >= 0.6 is 11.6 Å². The quantitative estimate of drug-likeness (QED) is 0.902. The molecule has 0 fully saturated rings. The van der Waals surface area contributed by atoms with E-state index in [0.717, 1.165) is 11.8 Å². The van der Waals surface area contributed by atoms with Gasteiger partial charge in [-0.05, 0) is 24.3 Å². The minimum Gasteiger partial charge on any atom is -0.380 e. The van der Waals surface area contributed by atoms with E-state index in [1.807, 2.05) is 12.1 Å². The number of primary amides is 1. The Balaban J connectivity index is 2.12. The Labute approximate surface area is 115 Å². The lowest BCUT2D eigenvalue weighted by Gasteiger charge is -2.09. The van der Waals surface area contributed by atoms with Crippen molar-refractivity contribution in [2.75, 3.05) is 5.32 Å². The fourth-order valence-electron chi connectivity index (χ4n) is 1.64. The lowest BCUT2D eigenvalue weighted by molar-refractivity contribution is 0.1000.